The highest BCUT2D eigenvalue weighted by atomic mass is 16.6. The Bertz CT molecular complexity index is 1390. The fourth-order valence-electron chi connectivity index (χ4n) is 3.84. The number of carbonyl (C=O) groups excluding carboxylic acids is 4. The van der Waals surface area contributed by atoms with E-state index in [4.69, 9.17) is 15.3 Å². The van der Waals surface area contributed by atoms with Gasteiger partial charge in [-0.1, -0.05) is 0 Å². The number of anilines is 2. The SMILES string of the molecule is CC(=O)Nc1cc(C(=O)CC#N)c([N+](=O)[O-])cc1CCOCCc1cc([N+](=O)[O-])c(C(=O)CC#N)cc1NC(C)=O. The second kappa shape index (κ2) is 14.6. The van der Waals surface area contributed by atoms with Gasteiger partial charge in [-0.15, -0.1) is 0 Å². The van der Waals surface area contributed by atoms with E-state index < -0.39 is 57.4 Å². The molecule has 0 spiro atoms. The molecule has 15 heteroatoms. The van der Waals surface area contributed by atoms with Crippen molar-refractivity contribution in [3.05, 3.63) is 66.7 Å². The number of nitrogens with zero attached hydrogens (tertiary/aromatic N) is 4. The maximum Gasteiger partial charge on any atom is 0.280 e. The summed E-state index contributed by atoms with van der Waals surface area (Å²) in [6, 6.07) is 7.80. The summed E-state index contributed by atoms with van der Waals surface area (Å²) < 4.78 is 5.61. The summed E-state index contributed by atoms with van der Waals surface area (Å²) in [5.74, 6) is -2.55. The molecule has 0 saturated heterocycles. The van der Waals surface area contributed by atoms with Crippen molar-refractivity contribution in [1.29, 1.82) is 10.5 Å². The predicted molar refractivity (Wildman–Crippen MR) is 142 cm³/mol. The number of nitro benzene ring substituents is 2. The van der Waals surface area contributed by atoms with Gasteiger partial charge in [0.2, 0.25) is 11.8 Å². The average molecular weight is 565 g/mol. The van der Waals surface area contributed by atoms with Gasteiger partial charge < -0.3 is 15.4 Å². The van der Waals surface area contributed by atoms with Crippen LogP contribution in [-0.2, 0) is 27.2 Å². The summed E-state index contributed by atoms with van der Waals surface area (Å²) in [6.07, 6.45) is -1.06. The van der Waals surface area contributed by atoms with Crippen molar-refractivity contribution >= 4 is 46.1 Å². The van der Waals surface area contributed by atoms with Crippen LogP contribution in [0.3, 0.4) is 0 Å². The van der Waals surface area contributed by atoms with E-state index in [9.17, 15) is 39.4 Å². The lowest BCUT2D eigenvalue weighted by molar-refractivity contribution is -0.385. The monoisotopic (exact) mass is 564 g/mol. The molecular formula is C26H24N6O9. The number of ether oxygens (including phenoxy) is 1. The van der Waals surface area contributed by atoms with Crippen molar-refractivity contribution in [3.63, 3.8) is 0 Å². The van der Waals surface area contributed by atoms with E-state index in [0.29, 0.717) is 0 Å². The van der Waals surface area contributed by atoms with Gasteiger partial charge in [-0.3, -0.25) is 39.4 Å². The normalized spacial score (nSPS) is 10.1. The first-order chi connectivity index (χ1) is 19.4. The summed E-state index contributed by atoms with van der Waals surface area (Å²) in [6.45, 7) is 2.38. The van der Waals surface area contributed by atoms with E-state index in [1.165, 1.54) is 13.8 Å². The van der Waals surface area contributed by atoms with Crippen LogP contribution in [-0.4, -0.2) is 46.4 Å². The summed E-state index contributed by atoms with van der Waals surface area (Å²) in [4.78, 5) is 69.4. The number of Topliss-reactive ketones (excluding diaryl/α,β-unsaturated/α-hetero) is 2. The third-order valence-electron chi connectivity index (χ3n) is 5.57. The number of benzene rings is 2. The Labute approximate surface area is 233 Å². The van der Waals surface area contributed by atoms with Crippen molar-refractivity contribution < 1.29 is 33.8 Å². The summed E-state index contributed by atoms with van der Waals surface area (Å²) in [5, 5.41) is 45.8. The molecule has 0 unspecified atom stereocenters. The number of hydrogen-bond acceptors (Lipinski definition) is 11. The molecule has 2 aromatic rings. The first-order valence-corrected chi connectivity index (χ1v) is 11.9. The number of nitriles is 2. The van der Waals surface area contributed by atoms with Gasteiger partial charge in [0.25, 0.3) is 11.4 Å². The molecule has 2 amide bonds. The van der Waals surface area contributed by atoms with E-state index in [-0.39, 0.29) is 59.7 Å². The van der Waals surface area contributed by atoms with Crippen LogP contribution < -0.4 is 10.6 Å². The van der Waals surface area contributed by atoms with Gasteiger partial charge >= 0.3 is 0 Å². The van der Waals surface area contributed by atoms with E-state index >= 15 is 0 Å². The molecule has 0 saturated carbocycles. The van der Waals surface area contributed by atoms with Crippen molar-refractivity contribution in [2.45, 2.75) is 39.5 Å². The molecule has 0 aliphatic carbocycles. The number of rotatable bonds is 14. The van der Waals surface area contributed by atoms with Crippen molar-refractivity contribution in [2.24, 2.45) is 0 Å². The third kappa shape index (κ3) is 8.74. The van der Waals surface area contributed by atoms with Gasteiger partial charge in [-0.25, -0.2) is 0 Å². The first-order valence-electron chi connectivity index (χ1n) is 11.9. The van der Waals surface area contributed by atoms with Crippen LogP contribution in [0.4, 0.5) is 22.7 Å². The van der Waals surface area contributed by atoms with Crippen LogP contribution in [0.1, 0.15) is 58.5 Å². The van der Waals surface area contributed by atoms with Crippen LogP contribution in [0.5, 0.6) is 0 Å². The summed E-state index contributed by atoms with van der Waals surface area (Å²) >= 11 is 0. The molecule has 212 valence electrons. The molecule has 0 radical (unpaired) electrons. The Kier molecular flexibility index (Phi) is 11.3. The van der Waals surface area contributed by atoms with Crippen LogP contribution in [0.25, 0.3) is 0 Å². The Morgan fingerprint density at radius 1 is 0.756 bits per heavy atom. The standard InChI is InChI=1S/C26H24N6O9/c1-15(33)29-21-13-19(25(35)3-7-27)23(31(37)38)11-17(21)5-9-41-10-6-18-12-24(32(39)40)20(26(36)4-8-28)14-22(18)30-16(2)34/h11-14H,3-6,9-10H2,1-2H3,(H,29,33)(H,30,34). The smallest absolute Gasteiger partial charge is 0.280 e. The lowest BCUT2D eigenvalue weighted by Crippen LogP contribution is -2.14. The van der Waals surface area contributed by atoms with Crippen LogP contribution in [0.2, 0.25) is 0 Å². The maximum absolute atomic E-state index is 12.2. The lowest BCUT2D eigenvalue weighted by Gasteiger charge is -2.14. The van der Waals surface area contributed by atoms with Crippen LogP contribution >= 0.6 is 0 Å². The summed E-state index contributed by atoms with van der Waals surface area (Å²) in [5.41, 5.74) is -0.878. The maximum atomic E-state index is 12.2. The minimum absolute atomic E-state index is 0.0223. The van der Waals surface area contributed by atoms with Gasteiger partial charge in [0.05, 0.1) is 59.2 Å². The third-order valence-corrected chi connectivity index (χ3v) is 5.57. The number of ketones is 2. The zero-order chi connectivity index (χ0) is 30.7. The minimum atomic E-state index is -0.780. The molecule has 0 bridgehead atoms. The van der Waals surface area contributed by atoms with E-state index in [2.05, 4.69) is 10.6 Å². The van der Waals surface area contributed by atoms with Crippen LogP contribution in [0.15, 0.2) is 24.3 Å². The topological polar surface area (TPSA) is 235 Å². The highest BCUT2D eigenvalue weighted by Crippen LogP contribution is 2.30. The van der Waals surface area contributed by atoms with Gasteiger partial charge in [0, 0.05) is 37.4 Å². The molecular weight excluding hydrogens is 540 g/mol. The highest BCUT2D eigenvalue weighted by Gasteiger charge is 2.25. The summed E-state index contributed by atoms with van der Waals surface area (Å²) in [7, 11) is 0. The highest BCUT2D eigenvalue weighted by molar-refractivity contribution is 6.04. The van der Waals surface area contributed by atoms with Gasteiger partial charge in [0.15, 0.2) is 11.6 Å². The fourth-order valence-corrected chi connectivity index (χ4v) is 3.84. The molecule has 0 fully saturated rings. The van der Waals surface area contributed by atoms with Crippen molar-refractivity contribution in [2.75, 3.05) is 23.8 Å². The van der Waals surface area contributed by atoms with E-state index in [0.717, 1.165) is 24.3 Å². The largest absolute Gasteiger partial charge is 0.381 e. The van der Waals surface area contributed by atoms with Gasteiger partial charge in [-0.2, -0.15) is 10.5 Å². The Hall–Kier alpha value is -5.54. The number of carbonyl (C=O) groups is 4. The fraction of sp³-hybridized carbons (Fsp3) is 0.308. The molecule has 2 aromatic carbocycles. The minimum Gasteiger partial charge on any atom is -0.381 e. The molecule has 2 N–H and O–H groups in total. The molecule has 0 aliphatic rings. The quantitative estimate of drug-likeness (QED) is 0.146. The van der Waals surface area contributed by atoms with Crippen molar-refractivity contribution in [3.8, 4) is 12.1 Å². The van der Waals surface area contributed by atoms with E-state index in [1.807, 2.05) is 0 Å². The van der Waals surface area contributed by atoms with E-state index in [1.54, 1.807) is 12.1 Å². The number of amides is 2. The average Bonchev–Trinajstić information content (AvgIpc) is 2.88. The molecule has 15 nitrogen and oxygen atoms in total. The van der Waals surface area contributed by atoms with Gasteiger partial charge in [-0.05, 0) is 36.1 Å². The number of nitro groups is 2. The van der Waals surface area contributed by atoms with Crippen molar-refractivity contribution in [1.82, 2.24) is 0 Å². The second-order valence-corrected chi connectivity index (χ2v) is 8.56. The zero-order valence-electron chi connectivity index (χ0n) is 22.0. The predicted octanol–water partition coefficient (Wildman–Crippen LogP) is 3.41. The molecule has 0 atom stereocenters. The lowest BCUT2D eigenvalue weighted by atomic mass is 10.00. The van der Waals surface area contributed by atoms with Gasteiger partial charge in [0.1, 0.15) is 0 Å². The number of nitrogens with one attached hydrogen (secondary N) is 2. The Morgan fingerprint density at radius 3 is 1.41 bits per heavy atom. The Balaban J connectivity index is 2.27. The second-order valence-electron chi connectivity index (χ2n) is 8.56. The van der Waals surface area contributed by atoms with Crippen LogP contribution in [0, 0.1) is 42.9 Å². The Morgan fingerprint density at radius 2 is 1.12 bits per heavy atom. The zero-order valence-corrected chi connectivity index (χ0v) is 22.0. The molecule has 0 aliphatic heterocycles. The number of hydrogen-bond donors (Lipinski definition) is 2. The molecule has 0 aromatic heterocycles. The first kappa shape index (κ1) is 31.7. The molecule has 0 heterocycles. The molecule has 41 heavy (non-hydrogen) atoms. The molecule has 2 rings (SSSR count).